The van der Waals surface area contributed by atoms with Crippen LogP contribution in [0.1, 0.15) is 40.4 Å². The standard InChI is InChI=1S/C26H21F3N4O2/c27-26(28,29)16-4-5-18-22(13-35-23(18)10-16)33(12-14-1-2-14)25(34)15-3-6-21-19(9-15)20-11-31-8-7-17(20)24(30)32-21/h3-11,14,22H,1-2,12-13H2,(H2,30,32)/t22-/m0/s1. The van der Waals surface area contributed by atoms with Gasteiger partial charge in [0.1, 0.15) is 18.2 Å². The number of hydrogen-bond donors (Lipinski definition) is 1. The predicted molar refractivity (Wildman–Crippen MR) is 125 cm³/mol. The number of carbonyl (C=O) groups excluding carboxylic acids is 1. The Labute approximate surface area is 198 Å². The second-order valence-corrected chi connectivity index (χ2v) is 9.13. The molecule has 1 saturated carbocycles. The van der Waals surface area contributed by atoms with Crippen LogP contribution in [0.2, 0.25) is 0 Å². The van der Waals surface area contributed by atoms with Crippen molar-refractivity contribution in [1.29, 1.82) is 0 Å². The number of ether oxygens (including phenoxy) is 1. The average Bonchev–Trinajstić information content (AvgIpc) is 3.58. The van der Waals surface area contributed by atoms with E-state index >= 15 is 0 Å². The Hall–Kier alpha value is -3.88. The minimum Gasteiger partial charge on any atom is -0.491 e. The van der Waals surface area contributed by atoms with Crippen LogP contribution in [-0.4, -0.2) is 33.9 Å². The number of pyridine rings is 2. The highest BCUT2D eigenvalue weighted by Crippen LogP contribution is 2.42. The topological polar surface area (TPSA) is 81.3 Å². The number of alkyl halides is 3. The quantitative estimate of drug-likeness (QED) is 0.399. The van der Waals surface area contributed by atoms with Crippen molar-refractivity contribution in [3.63, 3.8) is 0 Å². The van der Waals surface area contributed by atoms with Crippen LogP contribution in [0.25, 0.3) is 21.7 Å². The number of nitrogens with two attached hydrogens (primary N) is 1. The molecule has 4 aromatic rings. The van der Waals surface area contributed by atoms with E-state index in [2.05, 4.69) is 9.97 Å². The molecule has 2 N–H and O–H groups in total. The molecule has 2 aliphatic rings. The van der Waals surface area contributed by atoms with Gasteiger partial charge in [0.15, 0.2) is 0 Å². The number of benzene rings is 2. The summed E-state index contributed by atoms with van der Waals surface area (Å²) in [6.45, 7) is 0.640. The zero-order valence-electron chi connectivity index (χ0n) is 18.5. The van der Waals surface area contributed by atoms with Crippen molar-refractivity contribution in [2.24, 2.45) is 5.92 Å². The number of rotatable bonds is 4. The zero-order chi connectivity index (χ0) is 24.3. The molecule has 9 heteroatoms. The third-order valence-electron chi connectivity index (χ3n) is 6.76. The van der Waals surface area contributed by atoms with Crippen molar-refractivity contribution < 1.29 is 22.7 Å². The van der Waals surface area contributed by atoms with Gasteiger partial charge in [-0.1, -0.05) is 6.07 Å². The fourth-order valence-electron chi connectivity index (χ4n) is 4.73. The number of carbonyl (C=O) groups is 1. The van der Waals surface area contributed by atoms with Crippen LogP contribution in [0.3, 0.4) is 0 Å². The number of halogens is 3. The summed E-state index contributed by atoms with van der Waals surface area (Å²) in [6.07, 6.45) is 0.925. The lowest BCUT2D eigenvalue weighted by molar-refractivity contribution is -0.137. The largest absolute Gasteiger partial charge is 0.491 e. The van der Waals surface area contributed by atoms with Gasteiger partial charge in [0.05, 0.1) is 17.1 Å². The summed E-state index contributed by atoms with van der Waals surface area (Å²) < 4.78 is 45.1. The summed E-state index contributed by atoms with van der Waals surface area (Å²) in [4.78, 5) is 24.2. The molecule has 0 saturated heterocycles. The van der Waals surface area contributed by atoms with E-state index in [0.29, 0.717) is 34.9 Å². The van der Waals surface area contributed by atoms with Gasteiger partial charge in [-0.05, 0) is 55.2 Å². The minimum atomic E-state index is -4.46. The molecule has 3 heterocycles. The molecule has 6 rings (SSSR count). The maximum Gasteiger partial charge on any atom is 0.416 e. The van der Waals surface area contributed by atoms with Crippen LogP contribution in [0.15, 0.2) is 54.9 Å². The first-order valence-corrected chi connectivity index (χ1v) is 11.4. The summed E-state index contributed by atoms with van der Waals surface area (Å²) in [5.74, 6) is 0.745. The number of amides is 1. The maximum atomic E-state index is 13.8. The van der Waals surface area contributed by atoms with Crippen LogP contribution in [-0.2, 0) is 6.18 Å². The number of hydrogen-bond acceptors (Lipinski definition) is 5. The van der Waals surface area contributed by atoms with E-state index in [9.17, 15) is 18.0 Å². The Morgan fingerprint density at radius 2 is 1.91 bits per heavy atom. The summed E-state index contributed by atoms with van der Waals surface area (Å²) in [5, 5.41) is 2.32. The highest BCUT2D eigenvalue weighted by Gasteiger charge is 2.39. The van der Waals surface area contributed by atoms with Crippen molar-refractivity contribution in [2.75, 3.05) is 18.9 Å². The molecular formula is C26H21F3N4O2. The smallest absolute Gasteiger partial charge is 0.416 e. The molecule has 2 aromatic carbocycles. The Bertz CT molecular complexity index is 1480. The van der Waals surface area contributed by atoms with E-state index in [1.807, 2.05) is 0 Å². The van der Waals surface area contributed by atoms with E-state index < -0.39 is 17.8 Å². The zero-order valence-corrected chi connectivity index (χ0v) is 18.5. The van der Waals surface area contributed by atoms with Crippen LogP contribution >= 0.6 is 0 Å². The Morgan fingerprint density at radius 3 is 2.69 bits per heavy atom. The van der Waals surface area contributed by atoms with Gasteiger partial charge in [0.25, 0.3) is 5.91 Å². The Kier molecular flexibility index (Phi) is 4.84. The van der Waals surface area contributed by atoms with E-state index in [1.165, 1.54) is 6.07 Å². The monoisotopic (exact) mass is 478 g/mol. The van der Waals surface area contributed by atoms with Crippen LogP contribution in [0.4, 0.5) is 19.0 Å². The molecule has 0 unspecified atom stereocenters. The molecule has 178 valence electrons. The van der Waals surface area contributed by atoms with Gasteiger partial charge in [0, 0.05) is 46.2 Å². The van der Waals surface area contributed by atoms with E-state index in [4.69, 9.17) is 10.5 Å². The number of nitrogen functional groups attached to an aromatic ring is 1. The lowest BCUT2D eigenvalue weighted by Crippen LogP contribution is -2.37. The third kappa shape index (κ3) is 3.80. The van der Waals surface area contributed by atoms with Gasteiger partial charge < -0.3 is 15.4 Å². The Morgan fingerprint density at radius 1 is 1.09 bits per heavy atom. The molecule has 0 bridgehead atoms. The van der Waals surface area contributed by atoms with Gasteiger partial charge in [0.2, 0.25) is 0 Å². The van der Waals surface area contributed by atoms with E-state index in [1.54, 1.807) is 41.6 Å². The van der Waals surface area contributed by atoms with Gasteiger partial charge in [-0.25, -0.2) is 4.98 Å². The molecule has 1 fully saturated rings. The molecule has 0 radical (unpaired) electrons. The number of fused-ring (bicyclic) bond motifs is 4. The van der Waals surface area contributed by atoms with E-state index in [-0.39, 0.29) is 18.3 Å². The van der Waals surface area contributed by atoms with Gasteiger partial charge in [-0.3, -0.25) is 9.78 Å². The van der Waals surface area contributed by atoms with Gasteiger partial charge in [-0.2, -0.15) is 13.2 Å². The minimum absolute atomic E-state index is 0.119. The highest BCUT2D eigenvalue weighted by molar-refractivity contribution is 6.11. The lowest BCUT2D eigenvalue weighted by Gasteiger charge is -2.29. The van der Waals surface area contributed by atoms with Crippen molar-refractivity contribution in [3.8, 4) is 5.75 Å². The van der Waals surface area contributed by atoms with Crippen LogP contribution in [0.5, 0.6) is 5.75 Å². The molecule has 2 aromatic heterocycles. The molecule has 1 aliphatic heterocycles. The molecule has 1 amide bonds. The fraction of sp³-hybridized carbons (Fsp3) is 0.269. The molecule has 35 heavy (non-hydrogen) atoms. The molecular weight excluding hydrogens is 457 g/mol. The first-order valence-electron chi connectivity index (χ1n) is 11.4. The molecule has 6 nitrogen and oxygen atoms in total. The number of aromatic nitrogens is 2. The predicted octanol–water partition coefficient (Wildman–Crippen LogP) is 5.37. The summed E-state index contributed by atoms with van der Waals surface area (Å²) in [7, 11) is 0. The van der Waals surface area contributed by atoms with E-state index in [0.717, 1.165) is 41.1 Å². The second kappa shape index (κ2) is 7.83. The molecule has 0 spiro atoms. The third-order valence-corrected chi connectivity index (χ3v) is 6.76. The van der Waals surface area contributed by atoms with Crippen molar-refractivity contribution >= 4 is 33.4 Å². The first kappa shape index (κ1) is 21.6. The number of anilines is 1. The lowest BCUT2D eigenvalue weighted by atomic mass is 10.0. The molecule has 1 aliphatic carbocycles. The summed E-state index contributed by atoms with van der Waals surface area (Å²) in [6, 6.07) is 10.1. The van der Waals surface area contributed by atoms with Gasteiger partial charge in [-0.15, -0.1) is 0 Å². The van der Waals surface area contributed by atoms with Crippen molar-refractivity contribution in [3.05, 3.63) is 71.5 Å². The first-order chi connectivity index (χ1) is 16.8. The van der Waals surface area contributed by atoms with Crippen molar-refractivity contribution in [1.82, 2.24) is 14.9 Å². The fourth-order valence-corrected chi connectivity index (χ4v) is 4.73. The van der Waals surface area contributed by atoms with Crippen LogP contribution in [0, 0.1) is 5.92 Å². The summed E-state index contributed by atoms with van der Waals surface area (Å²) >= 11 is 0. The number of nitrogens with zero attached hydrogens (tertiary/aromatic N) is 3. The Balaban J connectivity index is 1.40. The highest BCUT2D eigenvalue weighted by atomic mass is 19.4. The van der Waals surface area contributed by atoms with Gasteiger partial charge >= 0.3 is 6.18 Å². The normalized spacial score (nSPS) is 17.4. The summed E-state index contributed by atoms with van der Waals surface area (Å²) in [5.41, 5.74) is 7.05. The average molecular weight is 478 g/mol. The second-order valence-electron chi connectivity index (χ2n) is 9.13. The maximum absolute atomic E-state index is 13.8. The molecule has 1 atom stereocenters. The SMILES string of the molecule is Nc1nc2ccc(C(=O)N(CC3CC3)[C@H]3COc4cc(C(F)(F)F)ccc43)cc2c2cnccc12. The van der Waals surface area contributed by atoms with Crippen molar-refractivity contribution in [2.45, 2.75) is 25.1 Å². The van der Waals surface area contributed by atoms with Crippen LogP contribution < -0.4 is 10.5 Å².